The topological polar surface area (TPSA) is 55.4 Å². The Kier molecular flexibility index (Phi) is 2.49. The van der Waals surface area contributed by atoms with Crippen molar-refractivity contribution in [2.75, 3.05) is 11.9 Å². The van der Waals surface area contributed by atoms with Crippen LogP contribution in [0.4, 0.5) is 5.69 Å². The molecule has 1 amide bonds. The molecular weight excluding hydrogens is 242 g/mol. The summed E-state index contributed by atoms with van der Waals surface area (Å²) in [6, 6.07) is 5.69. The lowest BCUT2D eigenvalue weighted by Gasteiger charge is -2.08. The fraction of sp³-hybridized carbons (Fsp3) is 0.333. The maximum atomic E-state index is 12.2. The van der Waals surface area contributed by atoms with Crippen molar-refractivity contribution in [1.29, 1.82) is 0 Å². The van der Waals surface area contributed by atoms with Gasteiger partial charge in [0.2, 0.25) is 5.91 Å². The van der Waals surface area contributed by atoms with Crippen LogP contribution in [0.1, 0.15) is 24.5 Å². The number of hydrogen-bond donors (Lipinski definition) is 1. The van der Waals surface area contributed by atoms with Crippen LogP contribution in [0.25, 0.3) is 6.08 Å². The minimum atomic E-state index is -0.708. The third-order valence-electron chi connectivity index (χ3n) is 3.95. The molecule has 1 N–H and O–H groups in total. The molecule has 0 radical (unpaired) electrons. The number of fused-ring (bicyclic) bond motifs is 2. The van der Waals surface area contributed by atoms with Crippen molar-refractivity contribution >= 4 is 23.6 Å². The zero-order valence-corrected chi connectivity index (χ0v) is 10.7. The summed E-state index contributed by atoms with van der Waals surface area (Å²) in [4.78, 5) is 24.0. The molecule has 0 aromatic heterocycles. The van der Waals surface area contributed by atoms with E-state index in [0.29, 0.717) is 13.0 Å². The van der Waals surface area contributed by atoms with Crippen molar-refractivity contribution in [2.45, 2.75) is 18.8 Å². The van der Waals surface area contributed by atoms with E-state index in [9.17, 15) is 9.59 Å². The quantitative estimate of drug-likeness (QED) is 0.844. The fourth-order valence-electron chi connectivity index (χ4n) is 2.86. The summed E-state index contributed by atoms with van der Waals surface area (Å²) in [5, 5.41) is 2.85. The van der Waals surface area contributed by atoms with Crippen LogP contribution >= 0.6 is 0 Å². The standard InChI is InChI=1S/C15H15NO3/c1-3-9-5-6-12-10(7-9)15(14(18)16-12)8-11(15)13(17)19-4-2/h3,5-7,11H,1,4,8H2,2H3,(H,16,18)/t11-,15-/m1/s1. The minimum absolute atomic E-state index is 0.0956. The van der Waals surface area contributed by atoms with Crippen LogP contribution in [0, 0.1) is 5.92 Å². The first-order valence-electron chi connectivity index (χ1n) is 6.38. The van der Waals surface area contributed by atoms with Gasteiger partial charge in [0.05, 0.1) is 17.9 Å². The molecule has 1 fully saturated rings. The second kappa shape index (κ2) is 3.95. The lowest BCUT2D eigenvalue weighted by molar-refractivity contribution is -0.146. The van der Waals surface area contributed by atoms with Gasteiger partial charge < -0.3 is 10.1 Å². The highest BCUT2D eigenvalue weighted by atomic mass is 16.5. The van der Waals surface area contributed by atoms with Gasteiger partial charge in [-0.2, -0.15) is 0 Å². The van der Waals surface area contributed by atoms with Crippen LogP contribution in [-0.2, 0) is 19.7 Å². The lowest BCUT2D eigenvalue weighted by Crippen LogP contribution is -2.25. The second-order valence-electron chi connectivity index (χ2n) is 4.94. The molecule has 98 valence electrons. The number of carbonyl (C=O) groups excluding carboxylic acids is 2. The Morgan fingerprint density at radius 2 is 2.42 bits per heavy atom. The third kappa shape index (κ3) is 1.52. The molecular formula is C15H15NO3. The molecule has 1 aliphatic heterocycles. The molecule has 1 saturated carbocycles. The molecule has 0 bridgehead atoms. The number of rotatable bonds is 3. The lowest BCUT2D eigenvalue weighted by atomic mass is 9.93. The number of carbonyl (C=O) groups is 2. The zero-order chi connectivity index (χ0) is 13.6. The van der Waals surface area contributed by atoms with Crippen LogP contribution in [0.15, 0.2) is 24.8 Å². The van der Waals surface area contributed by atoms with E-state index in [1.54, 1.807) is 13.0 Å². The first-order chi connectivity index (χ1) is 9.13. The van der Waals surface area contributed by atoms with Gasteiger partial charge in [-0.15, -0.1) is 0 Å². The average Bonchev–Trinajstić information content (AvgIpc) is 3.09. The van der Waals surface area contributed by atoms with Crippen molar-refractivity contribution in [1.82, 2.24) is 0 Å². The molecule has 2 aliphatic rings. The first-order valence-corrected chi connectivity index (χ1v) is 6.38. The van der Waals surface area contributed by atoms with Crippen molar-refractivity contribution in [3.8, 4) is 0 Å². The Hall–Kier alpha value is -2.10. The number of nitrogens with one attached hydrogen (secondary N) is 1. The molecule has 19 heavy (non-hydrogen) atoms. The highest BCUT2D eigenvalue weighted by molar-refractivity contribution is 6.12. The number of esters is 1. The molecule has 4 heteroatoms. The van der Waals surface area contributed by atoms with E-state index in [4.69, 9.17) is 4.74 Å². The van der Waals surface area contributed by atoms with Crippen molar-refractivity contribution < 1.29 is 14.3 Å². The summed E-state index contributed by atoms with van der Waals surface area (Å²) >= 11 is 0. The van der Waals surface area contributed by atoms with E-state index in [2.05, 4.69) is 11.9 Å². The van der Waals surface area contributed by atoms with Gasteiger partial charge in [0.1, 0.15) is 0 Å². The van der Waals surface area contributed by atoms with Crippen LogP contribution in [-0.4, -0.2) is 18.5 Å². The Bertz CT molecular complexity index is 593. The third-order valence-corrected chi connectivity index (χ3v) is 3.95. The molecule has 1 aromatic carbocycles. The van der Waals surface area contributed by atoms with E-state index in [1.807, 2.05) is 18.2 Å². The zero-order valence-electron chi connectivity index (χ0n) is 10.7. The molecule has 0 unspecified atom stereocenters. The molecule has 3 rings (SSSR count). The van der Waals surface area contributed by atoms with Gasteiger partial charge in [-0.25, -0.2) is 0 Å². The highest BCUT2D eigenvalue weighted by Gasteiger charge is 2.68. The van der Waals surface area contributed by atoms with E-state index >= 15 is 0 Å². The molecule has 4 nitrogen and oxygen atoms in total. The predicted molar refractivity (Wildman–Crippen MR) is 71.6 cm³/mol. The number of benzene rings is 1. The Balaban J connectivity index is 2.00. The monoisotopic (exact) mass is 257 g/mol. The van der Waals surface area contributed by atoms with Crippen molar-refractivity contribution in [2.24, 2.45) is 5.92 Å². The van der Waals surface area contributed by atoms with Gasteiger partial charge in [0.25, 0.3) is 0 Å². The van der Waals surface area contributed by atoms with Crippen molar-refractivity contribution in [3.05, 3.63) is 35.9 Å². The van der Waals surface area contributed by atoms with E-state index in [1.165, 1.54) is 0 Å². The Morgan fingerprint density at radius 1 is 1.63 bits per heavy atom. The van der Waals surface area contributed by atoms with Gasteiger partial charge >= 0.3 is 5.97 Å². The Morgan fingerprint density at radius 3 is 3.11 bits per heavy atom. The predicted octanol–water partition coefficient (Wildman–Crippen LogP) is 2.10. The van der Waals surface area contributed by atoms with Gasteiger partial charge in [-0.3, -0.25) is 9.59 Å². The van der Waals surface area contributed by atoms with Crippen molar-refractivity contribution in [3.63, 3.8) is 0 Å². The molecule has 2 atom stereocenters. The smallest absolute Gasteiger partial charge is 0.310 e. The van der Waals surface area contributed by atoms with E-state index in [0.717, 1.165) is 16.8 Å². The molecule has 1 aliphatic carbocycles. The Labute approximate surface area is 111 Å². The van der Waals surface area contributed by atoms with Gasteiger partial charge in [-0.05, 0) is 36.6 Å². The highest BCUT2D eigenvalue weighted by Crippen LogP contribution is 2.60. The number of hydrogen-bond acceptors (Lipinski definition) is 3. The van der Waals surface area contributed by atoms with E-state index < -0.39 is 5.41 Å². The first kappa shape index (κ1) is 12.0. The van der Waals surface area contributed by atoms with Gasteiger partial charge in [0, 0.05) is 5.69 Å². The summed E-state index contributed by atoms with van der Waals surface area (Å²) in [6.07, 6.45) is 2.27. The number of ether oxygens (including phenoxy) is 1. The van der Waals surface area contributed by atoms with Gasteiger partial charge in [0.15, 0.2) is 0 Å². The summed E-state index contributed by atoms with van der Waals surface area (Å²) in [5.41, 5.74) is 1.93. The average molecular weight is 257 g/mol. The summed E-state index contributed by atoms with van der Waals surface area (Å²) in [5.74, 6) is -0.731. The van der Waals surface area contributed by atoms with Crippen LogP contribution in [0.5, 0.6) is 0 Å². The second-order valence-corrected chi connectivity index (χ2v) is 4.94. The van der Waals surface area contributed by atoms with Gasteiger partial charge in [-0.1, -0.05) is 18.7 Å². The van der Waals surface area contributed by atoms with Crippen LogP contribution in [0.2, 0.25) is 0 Å². The van der Waals surface area contributed by atoms with E-state index in [-0.39, 0.29) is 17.8 Å². The number of amides is 1. The minimum Gasteiger partial charge on any atom is -0.466 e. The molecule has 1 spiro atoms. The molecule has 0 saturated heterocycles. The molecule has 1 heterocycles. The normalized spacial score (nSPS) is 26.8. The maximum absolute atomic E-state index is 12.2. The summed E-state index contributed by atoms with van der Waals surface area (Å²) in [7, 11) is 0. The maximum Gasteiger partial charge on any atom is 0.310 e. The SMILES string of the molecule is C=Cc1ccc2c(c1)[C@@]1(C[C@@H]1C(=O)OCC)C(=O)N2. The number of anilines is 1. The summed E-state index contributed by atoms with van der Waals surface area (Å²) in [6.45, 7) is 5.84. The molecule has 1 aromatic rings. The fourth-order valence-corrected chi connectivity index (χ4v) is 2.86. The summed E-state index contributed by atoms with van der Waals surface area (Å²) < 4.78 is 5.03. The van der Waals surface area contributed by atoms with Crippen LogP contribution < -0.4 is 5.32 Å². The van der Waals surface area contributed by atoms with Crippen LogP contribution in [0.3, 0.4) is 0 Å². The largest absolute Gasteiger partial charge is 0.466 e.